The van der Waals surface area contributed by atoms with Crippen LogP contribution in [-0.2, 0) is 28.0 Å². The quantitative estimate of drug-likeness (QED) is 0.879. The normalized spacial score (nSPS) is 22.6. The first-order chi connectivity index (χ1) is 9.94. The van der Waals surface area contributed by atoms with Crippen LogP contribution in [0.3, 0.4) is 0 Å². The fourth-order valence-electron chi connectivity index (χ4n) is 2.26. The predicted octanol–water partition coefficient (Wildman–Crippen LogP) is 0.923. The monoisotopic (exact) mass is 341 g/mol. The zero-order valence-electron chi connectivity index (χ0n) is 11.7. The van der Waals surface area contributed by atoms with Gasteiger partial charge in [0.05, 0.1) is 5.92 Å². The summed E-state index contributed by atoms with van der Waals surface area (Å²) in [5.41, 5.74) is -1.29. The van der Waals surface area contributed by atoms with Crippen LogP contribution in [0.5, 0.6) is 0 Å². The van der Waals surface area contributed by atoms with Gasteiger partial charge in [0.2, 0.25) is 0 Å². The van der Waals surface area contributed by atoms with Crippen molar-refractivity contribution in [3.63, 3.8) is 0 Å². The van der Waals surface area contributed by atoms with Crippen LogP contribution in [0.2, 0.25) is 0 Å². The van der Waals surface area contributed by atoms with E-state index in [1.807, 2.05) is 0 Å². The zero-order chi connectivity index (χ0) is 16.9. The van der Waals surface area contributed by atoms with Crippen molar-refractivity contribution in [1.29, 1.82) is 0 Å². The van der Waals surface area contributed by atoms with Gasteiger partial charge in [-0.25, -0.2) is 8.42 Å². The molecule has 1 fully saturated rings. The van der Waals surface area contributed by atoms with Crippen LogP contribution < -0.4 is 0 Å². The molecule has 0 bridgehead atoms. The number of aryl methyl sites for hydroxylation is 1. The van der Waals surface area contributed by atoms with E-state index in [0.717, 1.165) is 11.4 Å². The van der Waals surface area contributed by atoms with E-state index >= 15 is 0 Å². The minimum absolute atomic E-state index is 0.134. The second kappa shape index (κ2) is 5.23. The van der Waals surface area contributed by atoms with E-state index in [1.165, 1.54) is 7.05 Å². The summed E-state index contributed by atoms with van der Waals surface area (Å²) in [5.74, 6) is -1.64. The van der Waals surface area contributed by atoms with E-state index < -0.39 is 44.8 Å². The molecular weight excluding hydrogens is 327 g/mol. The van der Waals surface area contributed by atoms with E-state index in [4.69, 9.17) is 5.11 Å². The highest BCUT2D eigenvalue weighted by Gasteiger charge is 2.43. The average Bonchev–Trinajstić information content (AvgIpc) is 2.68. The van der Waals surface area contributed by atoms with Gasteiger partial charge in [0.15, 0.2) is 10.7 Å². The van der Waals surface area contributed by atoms with E-state index in [0.29, 0.717) is 10.7 Å². The van der Waals surface area contributed by atoms with Crippen molar-refractivity contribution >= 4 is 16.0 Å². The van der Waals surface area contributed by atoms with Crippen LogP contribution in [0.15, 0.2) is 11.1 Å². The van der Waals surface area contributed by atoms with Crippen LogP contribution in [0.4, 0.5) is 13.2 Å². The van der Waals surface area contributed by atoms with Crippen LogP contribution >= 0.6 is 0 Å². The molecule has 124 valence electrons. The molecule has 1 N–H and O–H groups in total. The number of carboxylic acids is 1. The van der Waals surface area contributed by atoms with Gasteiger partial charge >= 0.3 is 12.1 Å². The highest BCUT2D eigenvalue weighted by Crippen LogP contribution is 2.35. The minimum atomic E-state index is -4.74. The molecule has 0 amide bonds. The molecule has 7 nitrogen and oxygen atoms in total. The molecule has 22 heavy (non-hydrogen) atoms. The SMILES string of the molecule is CN(C1CC(C(=O)O)C1)S(=O)(=O)c1cc(C(F)(F)F)nn1C. The highest BCUT2D eigenvalue weighted by molar-refractivity contribution is 7.89. The van der Waals surface area contributed by atoms with Gasteiger partial charge < -0.3 is 5.11 Å². The number of halogens is 3. The number of carbonyl (C=O) groups is 1. The van der Waals surface area contributed by atoms with Crippen molar-refractivity contribution in [1.82, 2.24) is 14.1 Å². The molecule has 1 aromatic heterocycles. The topological polar surface area (TPSA) is 92.5 Å². The van der Waals surface area contributed by atoms with Gasteiger partial charge in [-0.15, -0.1) is 0 Å². The lowest BCUT2D eigenvalue weighted by atomic mass is 9.80. The van der Waals surface area contributed by atoms with Crippen LogP contribution in [0, 0.1) is 5.92 Å². The molecule has 1 aliphatic rings. The maximum Gasteiger partial charge on any atom is 0.435 e. The fraction of sp³-hybridized carbons (Fsp3) is 0.636. The Morgan fingerprint density at radius 3 is 2.41 bits per heavy atom. The molecule has 2 rings (SSSR count). The third kappa shape index (κ3) is 2.82. The summed E-state index contributed by atoms with van der Waals surface area (Å²) in [6.07, 6.45) is -4.47. The number of hydrogen-bond donors (Lipinski definition) is 1. The number of aliphatic carboxylic acids is 1. The summed E-state index contributed by atoms with van der Waals surface area (Å²) in [6, 6.07) is -0.0746. The molecule has 0 unspecified atom stereocenters. The molecule has 1 aliphatic carbocycles. The standard InChI is InChI=1S/C11H14F3N3O4S/c1-16-9(5-8(15-16)11(12,13)14)22(20,21)17(2)7-3-6(4-7)10(18)19/h5-7H,3-4H2,1-2H3,(H,18,19). The van der Waals surface area contributed by atoms with Gasteiger partial charge in [0.25, 0.3) is 10.0 Å². The molecule has 0 radical (unpaired) electrons. The van der Waals surface area contributed by atoms with E-state index in [2.05, 4.69) is 5.10 Å². The molecule has 1 heterocycles. The summed E-state index contributed by atoms with van der Waals surface area (Å²) >= 11 is 0. The number of hydrogen-bond acceptors (Lipinski definition) is 4. The van der Waals surface area contributed by atoms with Crippen molar-refractivity contribution < 1.29 is 31.5 Å². The summed E-state index contributed by atoms with van der Waals surface area (Å²) in [7, 11) is -1.85. The van der Waals surface area contributed by atoms with Gasteiger partial charge in [-0.05, 0) is 12.8 Å². The summed E-state index contributed by atoms with van der Waals surface area (Å²) in [5, 5.41) is 11.4. The second-order valence-electron chi connectivity index (χ2n) is 5.17. The van der Waals surface area contributed by atoms with Gasteiger partial charge in [-0.1, -0.05) is 0 Å². The smallest absolute Gasteiger partial charge is 0.435 e. The van der Waals surface area contributed by atoms with Crippen molar-refractivity contribution in [3.05, 3.63) is 11.8 Å². The van der Waals surface area contributed by atoms with Crippen LogP contribution in [0.25, 0.3) is 0 Å². The van der Waals surface area contributed by atoms with Crippen LogP contribution in [-0.4, -0.2) is 46.7 Å². The third-order valence-corrected chi connectivity index (χ3v) is 5.71. The summed E-state index contributed by atoms with van der Waals surface area (Å²) in [6.45, 7) is 0. The number of alkyl halides is 3. The first kappa shape index (κ1) is 16.7. The maximum atomic E-state index is 12.6. The lowest BCUT2D eigenvalue weighted by molar-refractivity contribution is -0.146. The Morgan fingerprint density at radius 2 is 2.00 bits per heavy atom. The largest absolute Gasteiger partial charge is 0.481 e. The molecule has 0 saturated heterocycles. The Bertz CT molecular complexity index is 692. The molecule has 1 aromatic rings. The third-order valence-electron chi connectivity index (χ3n) is 3.75. The van der Waals surface area contributed by atoms with Gasteiger partial charge in [-0.2, -0.15) is 22.6 Å². The molecule has 11 heteroatoms. The molecule has 0 atom stereocenters. The maximum absolute atomic E-state index is 12.6. The van der Waals surface area contributed by atoms with Crippen molar-refractivity contribution in [2.24, 2.45) is 13.0 Å². The Morgan fingerprint density at radius 1 is 1.45 bits per heavy atom. The van der Waals surface area contributed by atoms with Crippen molar-refractivity contribution in [2.75, 3.05) is 7.05 Å². The number of aromatic nitrogens is 2. The highest BCUT2D eigenvalue weighted by atomic mass is 32.2. The number of sulfonamides is 1. The van der Waals surface area contributed by atoms with Gasteiger partial charge in [0.1, 0.15) is 0 Å². The Hall–Kier alpha value is -1.62. The van der Waals surface area contributed by atoms with Gasteiger partial charge in [-0.3, -0.25) is 9.48 Å². The average molecular weight is 341 g/mol. The van der Waals surface area contributed by atoms with Crippen LogP contribution in [0.1, 0.15) is 18.5 Å². The molecule has 0 aliphatic heterocycles. The van der Waals surface area contributed by atoms with E-state index in [-0.39, 0.29) is 12.8 Å². The second-order valence-corrected chi connectivity index (χ2v) is 7.12. The van der Waals surface area contributed by atoms with Crippen molar-refractivity contribution in [3.8, 4) is 0 Å². The molecular formula is C11H14F3N3O4S. The first-order valence-corrected chi connectivity index (χ1v) is 7.70. The Kier molecular flexibility index (Phi) is 3.98. The van der Waals surface area contributed by atoms with E-state index in [1.54, 1.807) is 0 Å². The lowest BCUT2D eigenvalue weighted by Gasteiger charge is -2.38. The van der Waals surface area contributed by atoms with E-state index in [9.17, 15) is 26.4 Å². The molecule has 0 aromatic carbocycles. The number of nitrogens with zero attached hydrogens (tertiary/aromatic N) is 3. The Balaban J connectivity index is 2.24. The summed E-state index contributed by atoms with van der Waals surface area (Å²) in [4.78, 5) is 10.7. The predicted molar refractivity (Wildman–Crippen MR) is 67.3 cm³/mol. The Labute approximate surface area is 124 Å². The minimum Gasteiger partial charge on any atom is -0.481 e. The summed E-state index contributed by atoms with van der Waals surface area (Å²) < 4.78 is 64.1. The lowest BCUT2D eigenvalue weighted by Crippen LogP contribution is -2.47. The van der Waals surface area contributed by atoms with Crippen molar-refractivity contribution in [2.45, 2.75) is 30.1 Å². The fourth-order valence-corrected chi connectivity index (χ4v) is 3.76. The molecule has 1 saturated carbocycles. The number of carboxylic acid groups (broad SMARTS) is 1. The molecule has 0 spiro atoms. The zero-order valence-corrected chi connectivity index (χ0v) is 12.5. The number of rotatable bonds is 4. The van der Waals surface area contributed by atoms with Gasteiger partial charge in [0, 0.05) is 26.2 Å². The first-order valence-electron chi connectivity index (χ1n) is 6.26.